The van der Waals surface area contributed by atoms with Crippen LogP contribution in [0.5, 0.6) is 0 Å². The largest absolute Gasteiger partial charge is 0.269 e. The number of nitrogens with zero attached hydrogens (tertiary/aromatic N) is 1. The van der Waals surface area contributed by atoms with Crippen LogP contribution in [0.15, 0.2) is 4.99 Å². The number of alkyl halides is 1. The van der Waals surface area contributed by atoms with E-state index < -0.39 is 14.0 Å². The molecule has 2 aliphatic heterocycles. The Morgan fingerprint density at radius 3 is 2.69 bits per heavy atom. The van der Waals surface area contributed by atoms with Gasteiger partial charge in [0.05, 0.1) is 10.5 Å². The highest BCUT2D eigenvalue weighted by molar-refractivity contribution is 9.11. The monoisotopic (exact) mass is 343 g/mol. The van der Waals surface area contributed by atoms with Crippen LogP contribution in [0.25, 0.3) is 0 Å². The summed E-state index contributed by atoms with van der Waals surface area (Å²) in [5, 5.41) is 0.129. The van der Waals surface area contributed by atoms with Crippen molar-refractivity contribution in [2.24, 2.45) is 4.99 Å². The predicted octanol–water partition coefficient (Wildman–Crippen LogP) is 2.51. The van der Waals surface area contributed by atoms with Crippen molar-refractivity contribution < 1.29 is 8.42 Å². The molecular formula is C9H14BrNO2S3. The van der Waals surface area contributed by atoms with Gasteiger partial charge in [0.25, 0.3) is 0 Å². The van der Waals surface area contributed by atoms with Gasteiger partial charge in [-0.3, -0.25) is 4.99 Å². The van der Waals surface area contributed by atoms with Gasteiger partial charge in [0.15, 0.2) is 9.84 Å². The minimum atomic E-state index is -2.97. The lowest BCUT2D eigenvalue weighted by molar-refractivity contribution is 0.599. The standard InChI is InChI=1S/C9H14BrNO2S3/c1-5(2)11-8-14-6-4-16(12,13)7(10)9(6,3)15-8/h5-7H,4H2,1-3H3. The SMILES string of the molecule is CC(C)N=C1SC2CS(=O)(=O)C(Br)C2(C)S1. The molecule has 16 heavy (non-hydrogen) atoms. The number of halogens is 1. The molecule has 7 heteroatoms. The molecule has 0 radical (unpaired) electrons. The lowest BCUT2D eigenvalue weighted by Gasteiger charge is -2.22. The maximum atomic E-state index is 11.8. The number of hydrogen-bond donors (Lipinski definition) is 0. The second-order valence-electron chi connectivity index (χ2n) is 4.53. The van der Waals surface area contributed by atoms with Crippen molar-refractivity contribution in [3.63, 3.8) is 0 Å². The molecule has 2 fully saturated rings. The molecule has 3 unspecified atom stereocenters. The first kappa shape index (κ1) is 13.2. The van der Waals surface area contributed by atoms with Gasteiger partial charge in [0, 0.05) is 11.3 Å². The van der Waals surface area contributed by atoms with Crippen LogP contribution < -0.4 is 0 Å². The van der Waals surface area contributed by atoms with Gasteiger partial charge in [0.2, 0.25) is 0 Å². The van der Waals surface area contributed by atoms with Gasteiger partial charge in [-0.2, -0.15) is 0 Å². The van der Waals surface area contributed by atoms with Crippen LogP contribution in [0.3, 0.4) is 0 Å². The van der Waals surface area contributed by atoms with Crippen molar-refractivity contribution in [3.8, 4) is 0 Å². The Balaban J connectivity index is 2.28. The molecule has 0 aromatic heterocycles. The highest BCUT2D eigenvalue weighted by atomic mass is 79.9. The molecule has 2 heterocycles. The minimum absolute atomic E-state index is 0.129. The van der Waals surface area contributed by atoms with E-state index in [0.29, 0.717) is 0 Å². The van der Waals surface area contributed by atoms with Crippen LogP contribution in [0.4, 0.5) is 0 Å². The molecular weight excluding hydrogens is 330 g/mol. The highest BCUT2D eigenvalue weighted by Crippen LogP contribution is 2.57. The van der Waals surface area contributed by atoms with Crippen LogP contribution in [0.1, 0.15) is 20.8 Å². The van der Waals surface area contributed by atoms with E-state index in [2.05, 4.69) is 20.9 Å². The summed E-state index contributed by atoms with van der Waals surface area (Å²) < 4.78 is 23.9. The summed E-state index contributed by atoms with van der Waals surface area (Å²) in [4.78, 5) is 4.51. The van der Waals surface area contributed by atoms with Gasteiger partial charge in [-0.15, -0.1) is 0 Å². The molecule has 0 spiro atoms. The average Bonchev–Trinajstić information content (AvgIpc) is 2.47. The number of hydrogen-bond acceptors (Lipinski definition) is 5. The van der Waals surface area contributed by atoms with E-state index in [4.69, 9.17) is 0 Å². The molecule has 2 aliphatic rings. The topological polar surface area (TPSA) is 46.5 Å². The summed E-state index contributed by atoms with van der Waals surface area (Å²) >= 11 is 6.57. The molecule has 2 rings (SSSR count). The molecule has 3 atom stereocenters. The van der Waals surface area contributed by atoms with E-state index in [1.807, 2.05) is 20.8 Å². The van der Waals surface area contributed by atoms with Crippen molar-refractivity contribution in [1.29, 1.82) is 0 Å². The van der Waals surface area contributed by atoms with E-state index in [1.54, 1.807) is 23.5 Å². The van der Waals surface area contributed by atoms with Crippen molar-refractivity contribution in [2.45, 2.75) is 41.0 Å². The lowest BCUT2D eigenvalue weighted by Crippen LogP contribution is -2.33. The molecule has 0 amide bonds. The summed E-state index contributed by atoms with van der Waals surface area (Å²) in [5.74, 6) is 0.258. The Kier molecular flexibility index (Phi) is 3.45. The average molecular weight is 344 g/mol. The number of thioether (sulfide) groups is 2. The molecule has 0 bridgehead atoms. The van der Waals surface area contributed by atoms with Crippen LogP contribution in [0, 0.1) is 0 Å². The normalized spacial score (nSPS) is 44.2. The zero-order valence-electron chi connectivity index (χ0n) is 9.31. The molecule has 92 valence electrons. The molecule has 0 aromatic rings. The van der Waals surface area contributed by atoms with E-state index >= 15 is 0 Å². The van der Waals surface area contributed by atoms with Crippen molar-refractivity contribution >= 4 is 53.7 Å². The number of aliphatic imine (C=N–C) groups is 1. The third kappa shape index (κ3) is 2.08. The van der Waals surface area contributed by atoms with Crippen LogP contribution >= 0.6 is 39.5 Å². The highest BCUT2D eigenvalue weighted by Gasteiger charge is 2.60. The Labute approximate surface area is 113 Å². The minimum Gasteiger partial charge on any atom is -0.269 e. The van der Waals surface area contributed by atoms with Crippen LogP contribution in [-0.2, 0) is 9.84 Å². The fourth-order valence-corrected chi connectivity index (χ4v) is 9.69. The first-order valence-corrected chi connectivity index (χ1v) is 9.37. The Morgan fingerprint density at radius 1 is 1.56 bits per heavy atom. The number of rotatable bonds is 1. The quantitative estimate of drug-likeness (QED) is 0.686. The van der Waals surface area contributed by atoms with E-state index in [9.17, 15) is 8.42 Å². The Morgan fingerprint density at radius 2 is 2.19 bits per heavy atom. The molecule has 2 saturated heterocycles. The summed E-state index contributed by atoms with van der Waals surface area (Å²) in [7, 11) is -2.97. The van der Waals surface area contributed by atoms with Crippen molar-refractivity contribution in [2.75, 3.05) is 5.75 Å². The molecule has 0 aromatic carbocycles. The number of fused-ring (bicyclic) bond motifs is 1. The third-order valence-electron chi connectivity index (χ3n) is 2.70. The fraction of sp³-hybridized carbons (Fsp3) is 0.889. The van der Waals surface area contributed by atoms with Crippen LogP contribution in [0.2, 0.25) is 0 Å². The second-order valence-corrected chi connectivity index (χ2v) is 11.1. The zero-order chi connectivity index (χ0) is 12.1. The lowest BCUT2D eigenvalue weighted by atomic mass is 10.1. The van der Waals surface area contributed by atoms with Gasteiger partial charge in [0.1, 0.15) is 8.53 Å². The molecule has 0 N–H and O–H groups in total. The molecule has 0 saturated carbocycles. The van der Waals surface area contributed by atoms with Gasteiger partial charge >= 0.3 is 0 Å². The van der Waals surface area contributed by atoms with Gasteiger partial charge in [-0.05, 0) is 20.8 Å². The Bertz CT molecular complexity index is 434. The first-order chi connectivity index (χ1) is 7.25. The predicted molar refractivity (Wildman–Crippen MR) is 76.4 cm³/mol. The first-order valence-electron chi connectivity index (χ1n) is 5.05. The summed E-state index contributed by atoms with van der Waals surface area (Å²) in [6.45, 7) is 6.09. The van der Waals surface area contributed by atoms with E-state index in [-0.39, 0.29) is 21.8 Å². The van der Waals surface area contributed by atoms with Gasteiger partial charge in [-0.1, -0.05) is 39.5 Å². The maximum absolute atomic E-state index is 11.8. The smallest absolute Gasteiger partial charge is 0.165 e. The van der Waals surface area contributed by atoms with Crippen molar-refractivity contribution in [1.82, 2.24) is 0 Å². The summed E-state index contributed by atoms with van der Waals surface area (Å²) in [5.41, 5.74) is 0. The summed E-state index contributed by atoms with van der Waals surface area (Å²) in [6.07, 6.45) is 0. The van der Waals surface area contributed by atoms with E-state index in [0.717, 1.165) is 4.38 Å². The second kappa shape index (κ2) is 4.17. The summed E-state index contributed by atoms with van der Waals surface area (Å²) in [6, 6.07) is 0.266. The molecule has 3 nitrogen and oxygen atoms in total. The van der Waals surface area contributed by atoms with E-state index in [1.165, 1.54) is 0 Å². The van der Waals surface area contributed by atoms with Gasteiger partial charge < -0.3 is 0 Å². The van der Waals surface area contributed by atoms with Gasteiger partial charge in [-0.25, -0.2) is 8.42 Å². The number of sulfone groups is 1. The maximum Gasteiger partial charge on any atom is 0.165 e. The Hall–Kier alpha value is 0.800. The molecule has 0 aliphatic carbocycles. The van der Waals surface area contributed by atoms with Crippen LogP contribution in [-0.4, -0.2) is 38.7 Å². The third-order valence-corrected chi connectivity index (χ3v) is 11.1. The zero-order valence-corrected chi connectivity index (χ0v) is 13.3. The fourth-order valence-electron chi connectivity index (χ4n) is 1.83. The van der Waals surface area contributed by atoms with Crippen molar-refractivity contribution in [3.05, 3.63) is 0 Å².